The van der Waals surface area contributed by atoms with Gasteiger partial charge in [-0.2, -0.15) is 0 Å². The molecule has 0 saturated carbocycles. The predicted molar refractivity (Wildman–Crippen MR) is 68.9 cm³/mol. The minimum atomic E-state index is -0.643. The molecule has 4 nitrogen and oxygen atoms in total. The summed E-state index contributed by atoms with van der Waals surface area (Å²) in [6.07, 6.45) is 0.397. The fourth-order valence-corrected chi connectivity index (χ4v) is 1.79. The molecule has 0 aromatic heterocycles. The Hall–Kier alpha value is -2.27. The molecule has 0 aliphatic heterocycles. The van der Waals surface area contributed by atoms with Crippen LogP contribution in [0.25, 0.3) is 11.1 Å². The van der Waals surface area contributed by atoms with Gasteiger partial charge in [-0.1, -0.05) is 17.7 Å². The lowest BCUT2D eigenvalue weighted by molar-refractivity contribution is -0.385. The third-order valence-corrected chi connectivity index (χ3v) is 2.91. The van der Waals surface area contributed by atoms with E-state index < -0.39 is 10.7 Å². The van der Waals surface area contributed by atoms with Crippen molar-refractivity contribution in [2.24, 2.45) is 0 Å². The van der Waals surface area contributed by atoms with Gasteiger partial charge in [-0.15, -0.1) is 0 Å². The maximum absolute atomic E-state index is 13.3. The van der Waals surface area contributed by atoms with Crippen molar-refractivity contribution in [2.45, 2.75) is 0 Å². The summed E-state index contributed by atoms with van der Waals surface area (Å²) >= 11 is 5.57. The minimum absolute atomic E-state index is 0.0127. The molecule has 2 aromatic carbocycles. The Kier molecular flexibility index (Phi) is 3.57. The number of carbonyl (C=O) groups is 1. The van der Waals surface area contributed by atoms with E-state index in [1.54, 1.807) is 6.07 Å². The first-order chi connectivity index (χ1) is 9.02. The van der Waals surface area contributed by atoms with E-state index in [0.29, 0.717) is 17.4 Å². The molecule has 0 bridgehead atoms. The highest BCUT2D eigenvalue weighted by Crippen LogP contribution is 2.28. The summed E-state index contributed by atoms with van der Waals surface area (Å²) in [5, 5.41) is 10.7. The highest BCUT2D eigenvalue weighted by molar-refractivity contribution is 6.30. The van der Waals surface area contributed by atoms with E-state index in [2.05, 4.69) is 0 Å². The molecule has 2 rings (SSSR count). The van der Waals surface area contributed by atoms with Crippen molar-refractivity contribution in [1.82, 2.24) is 0 Å². The van der Waals surface area contributed by atoms with Crippen LogP contribution >= 0.6 is 11.6 Å². The summed E-state index contributed by atoms with van der Waals surface area (Å²) in [5.41, 5.74) is 0.647. The molecule has 0 atom stereocenters. The second kappa shape index (κ2) is 5.16. The molecule has 0 aliphatic rings. The van der Waals surface area contributed by atoms with Crippen LogP contribution in [0.5, 0.6) is 0 Å². The summed E-state index contributed by atoms with van der Waals surface area (Å²) in [4.78, 5) is 20.9. The Labute approximate surface area is 112 Å². The average Bonchev–Trinajstić information content (AvgIpc) is 2.41. The van der Waals surface area contributed by atoms with Crippen LogP contribution in [0.15, 0.2) is 36.4 Å². The third-order valence-electron chi connectivity index (χ3n) is 2.60. The average molecular weight is 280 g/mol. The Morgan fingerprint density at radius 3 is 2.37 bits per heavy atom. The fourth-order valence-electron chi connectivity index (χ4n) is 1.67. The van der Waals surface area contributed by atoms with E-state index >= 15 is 0 Å². The van der Waals surface area contributed by atoms with Gasteiger partial charge in [0, 0.05) is 6.07 Å². The second-order valence-electron chi connectivity index (χ2n) is 3.78. The molecule has 2 aromatic rings. The minimum Gasteiger partial charge on any atom is -0.298 e. The summed E-state index contributed by atoms with van der Waals surface area (Å²) < 4.78 is 13.3. The molecule has 0 fully saturated rings. The number of rotatable bonds is 3. The second-order valence-corrected chi connectivity index (χ2v) is 4.18. The molecule has 0 N–H and O–H groups in total. The number of nitro groups is 1. The first-order valence-electron chi connectivity index (χ1n) is 5.22. The molecular weight excluding hydrogens is 273 g/mol. The van der Waals surface area contributed by atoms with Crippen LogP contribution in [-0.2, 0) is 0 Å². The van der Waals surface area contributed by atoms with Crippen LogP contribution in [-0.4, -0.2) is 11.2 Å². The van der Waals surface area contributed by atoms with Gasteiger partial charge >= 0.3 is 0 Å². The lowest BCUT2D eigenvalue weighted by atomic mass is 10.0. The van der Waals surface area contributed by atoms with Gasteiger partial charge < -0.3 is 0 Å². The Morgan fingerprint density at radius 2 is 1.79 bits per heavy atom. The first kappa shape index (κ1) is 13.2. The molecule has 0 aliphatic carbocycles. The number of nitrogens with zero attached hydrogens (tertiary/aromatic N) is 1. The Balaban J connectivity index is 2.54. The molecule has 0 spiro atoms. The van der Waals surface area contributed by atoms with Crippen LogP contribution in [0.2, 0.25) is 5.02 Å². The SMILES string of the molecule is O=Cc1cc(-c2ccc(Cl)c(F)c2)ccc1[N+](=O)[O-]. The number of nitro benzene ring substituents is 1. The van der Waals surface area contributed by atoms with Crippen molar-refractivity contribution in [3.8, 4) is 11.1 Å². The van der Waals surface area contributed by atoms with Gasteiger partial charge in [0.1, 0.15) is 5.82 Å². The van der Waals surface area contributed by atoms with E-state index in [1.807, 2.05) is 0 Å². The monoisotopic (exact) mass is 279 g/mol. The van der Waals surface area contributed by atoms with E-state index in [9.17, 15) is 19.3 Å². The van der Waals surface area contributed by atoms with Crippen molar-refractivity contribution < 1.29 is 14.1 Å². The quantitative estimate of drug-likeness (QED) is 0.487. The molecule has 6 heteroatoms. The van der Waals surface area contributed by atoms with Gasteiger partial charge in [0.05, 0.1) is 15.5 Å². The largest absolute Gasteiger partial charge is 0.298 e. The number of hydrogen-bond acceptors (Lipinski definition) is 3. The molecule has 0 unspecified atom stereocenters. The van der Waals surface area contributed by atoms with Gasteiger partial charge in [-0.3, -0.25) is 14.9 Å². The van der Waals surface area contributed by atoms with E-state index in [4.69, 9.17) is 11.6 Å². The van der Waals surface area contributed by atoms with Gasteiger partial charge in [-0.25, -0.2) is 4.39 Å². The molecule has 0 amide bonds. The lowest BCUT2D eigenvalue weighted by Crippen LogP contribution is -1.94. The molecular formula is C13H7ClFNO3. The maximum atomic E-state index is 13.3. The number of halogens is 2. The fraction of sp³-hybridized carbons (Fsp3) is 0. The van der Waals surface area contributed by atoms with Crippen LogP contribution in [0.4, 0.5) is 10.1 Å². The van der Waals surface area contributed by atoms with Crippen LogP contribution in [0, 0.1) is 15.9 Å². The summed E-state index contributed by atoms with van der Waals surface area (Å²) in [7, 11) is 0. The standard InChI is InChI=1S/C13H7ClFNO3/c14-11-3-1-9(6-12(11)15)8-2-4-13(16(18)19)10(5-8)7-17/h1-7H. The van der Waals surface area contributed by atoms with Crippen LogP contribution in [0.3, 0.4) is 0 Å². The van der Waals surface area contributed by atoms with Gasteiger partial charge in [0.15, 0.2) is 6.29 Å². The molecule has 19 heavy (non-hydrogen) atoms. The zero-order chi connectivity index (χ0) is 14.0. The summed E-state index contributed by atoms with van der Waals surface area (Å²) in [6, 6.07) is 8.17. The highest BCUT2D eigenvalue weighted by Gasteiger charge is 2.14. The summed E-state index contributed by atoms with van der Waals surface area (Å²) in [6.45, 7) is 0. The van der Waals surface area contributed by atoms with Gasteiger partial charge in [0.25, 0.3) is 5.69 Å². The first-order valence-corrected chi connectivity index (χ1v) is 5.60. The smallest absolute Gasteiger partial charge is 0.279 e. The zero-order valence-electron chi connectivity index (χ0n) is 9.47. The molecule has 0 radical (unpaired) electrons. The van der Waals surface area contributed by atoms with Crippen molar-refractivity contribution in [2.75, 3.05) is 0 Å². The zero-order valence-corrected chi connectivity index (χ0v) is 10.2. The van der Waals surface area contributed by atoms with Gasteiger partial charge in [0.2, 0.25) is 0 Å². The maximum Gasteiger partial charge on any atom is 0.279 e. The van der Waals surface area contributed by atoms with Crippen LogP contribution in [0.1, 0.15) is 10.4 Å². The van der Waals surface area contributed by atoms with Gasteiger partial charge in [-0.05, 0) is 35.4 Å². The topological polar surface area (TPSA) is 60.2 Å². The Morgan fingerprint density at radius 1 is 1.16 bits per heavy atom. The van der Waals surface area contributed by atoms with Crippen molar-refractivity contribution in [3.63, 3.8) is 0 Å². The van der Waals surface area contributed by atoms with E-state index in [0.717, 1.165) is 0 Å². The third kappa shape index (κ3) is 2.61. The number of benzene rings is 2. The lowest BCUT2D eigenvalue weighted by Gasteiger charge is -2.04. The van der Waals surface area contributed by atoms with E-state index in [-0.39, 0.29) is 16.3 Å². The number of aldehydes is 1. The molecule has 96 valence electrons. The van der Waals surface area contributed by atoms with E-state index in [1.165, 1.54) is 30.3 Å². The Bertz CT molecular complexity index is 673. The number of carbonyl (C=O) groups excluding carboxylic acids is 1. The molecule has 0 saturated heterocycles. The highest BCUT2D eigenvalue weighted by atomic mass is 35.5. The van der Waals surface area contributed by atoms with Crippen molar-refractivity contribution in [1.29, 1.82) is 0 Å². The van der Waals surface area contributed by atoms with Crippen LogP contribution < -0.4 is 0 Å². The van der Waals surface area contributed by atoms with Crippen molar-refractivity contribution in [3.05, 3.63) is 62.9 Å². The molecule has 0 heterocycles. The predicted octanol–water partition coefficient (Wildman–Crippen LogP) is 3.87. The number of hydrogen-bond donors (Lipinski definition) is 0. The summed E-state index contributed by atoms with van der Waals surface area (Å²) in [5.74, 6) is -0.592. The normalized spacial score (nSPS) is 10.2. The van der Waals surface area contributed by atoms with Crippen molar-refractivity contribution >= 4 is 23.6 Å².